The van der Waals surface area contributed by atoms with Crippen molar-refractivity contribution in [1.29, 1.82) is 0 Å². The Labute approximate surface area is 115 Å². The van der Waals surface area contributed by atoms with E-state index < -0.39 is 0 Å². The van der Waals surface area contributed by atoms with Crippen LogP contribution in [-0.4, -0.2) is 19.0 Å². The zero-order chi connectivity index (χ0) is 13.2. The number of ketones is 1. The van der Waals surface area contributed by atoms with Gasteiger partial charge in [-0.05, 0) is 24.3 Å². The Morgan fingerprint density at radius 2 is 1.68 bits per heavy atom. The van der Waals surface area contributed by atoms with E-state index >= 15 is 0 Å². The van der Waals surface area contributed by atoms with Crippen LogP contribution in [0.3, 0.4) is 0 Å². The first kappa shape index (κ1) is 12.1. The number of carbonyl (C=O) groups excluding carboxylic acids is 1. The lowest BCUT2D eigenvalue weighted by molar-refractivity contribution is 0.102. The fraction of sp³-hybridized carbons (Fsp3) is 0.133. The summed E-state index contributed by atoms with van der Waals surface area (Å²) in [4.78, 5) is 12.5. The molecule has 0 fully saturated rings. The van der Waals surface area contributed by atoms with Crippen LogP contribution < -0.4 is 9.47 Å². The number of fused-ring (bicyclic) bond motifs is 1. The van der Waals surface area contributed by atoms with Crippen LogP contribution in [-0.2, 0) is 0 Å². The number of para-hydroxylation sites is 1. The largest absolute Gasteiger partial charge is 0.486 e. The molecule has 2 aromatic rings. The fourth-order valence-corrected chi connectivity index (χ4v) is 2.26. The van der Waals surface area contributed by atoms with Gasteiger partial charge in [-0.15, -0.1) is 0 Å². The molecule has 1 heterocycles. The molecule has 0 unspecified atom stereocenters. The third kappa shape index (κ3) is 2.17. The minimum absolute atomic E-state index is 0.159. The van der Waals surface area contributed by atoms with Crippen LogP contribution in [0.4, 0.5) is 0 Å². The van der Waals surface area contributed by atoms with Crippen molar-refractivity contribution < 1.29 is 14.3 Å². The van der Waals surface area contributed by atoms with Crippen LogP contribution in [0.25, 0.3) is 0 Å². The molecule has 0 N–H and O–H groups in total. The van der Waals surface area contributed by atoms with Crippen LogP contribution in [0, 0.1) is 0 Å². The van der Waals surface area contributed by atoms with Gasteiger partial charge < -0.3 is 9.47 Å². The highest BCUT2D eigenvalue weighted by Crippen LogP contribution is 2.35. The maximum absolute atomic E-state index is 12.5. The third-order valence-electron chi connectivity index (χ3n) is 2.93. The number of rotatable bonds is 2. The number of halogens is 1. The minimum Gasteiger partial charge on any atom is -0.486 e. The smallest absolute Gasteiger partial charge is 0.198 e. The standard InChI is InChI=1S/C15H11ClO3/c16-12-6-2-1-4-10(12)14(17)11-5-3-7-13-15(11)19-9-8-18-13/h1-7H,8-9H2. The van der Waals surface area contributed by atoms with E-state index in [0.717, 1.165) is 0 Å². The Hall–Kier alpha value is -2.00. The summed E-state index contributed by atoms with van der Waals surface area (Å²) in [5.74, 6) is 0.941. The number of hydrogen-bond donors (Lipinski definition) is 0. The molecule has 0 aromatic heterocycles. The Kier molecular flexibility index (Phi) is 3.13. The first-order chi connectivity index (χ1) is 9.27. The van der Waals surface area contributed by atoms with Crippen LogP contribution in [0.5, 0.6) is 11.5 Å². The molecular formula is C15H11ClO3. The molecule has 0 radical (unpaired) electrons. The highest BCUT2D eigenvalue weighted by molar-refractivity contribution is 6.35. The number of carbonyl (C=O) groups is 1. The van der Waals surface area contributed by atoms with Gasteiger partial charge in [0, 0.05) is 5.56 Å². The number of hydrogen-bond acceptors (Lipinski definition) is 3. The molecule has 0 amide bonds. The highest BCUT2D eigenvalue weighted by atomic mass is 35.5. The van der Waals surface area contributed by atoms with Gasteiger partial charge in [-0.1, -0.05) is 29.8 Å². The van der Waals surface area contributed by atoms with E-state index in [1.165, 1.54) is 0 Å². The molecule has 0 saturated carbocycles. The molecule has 0 aliphatic carbocycles. The summed E-state index contributed by atoms with van der Waals surface area (Å²) >= 11 is 6.06. The second-order valence-corrected chi connectivity index (χ2v) is 4.55. The molecule has 96 valence electrons. The summed E-state index contributed by atoms with van der Waals surface area (Å²) < 4.78 is 11.0. The number of ether oxygens (including phenoxy) is 2. The summed E-state index contributed by atoms with van der Waals surface area (Å²) in [6.45, 7) is 0.941. The molecule has 0 saturated heterocycles. The molecule has 19 heavy (non-hydrogen) atoms. The van der Waals surface area contributed by atoms with Crippen molar-refractivity contribution in [3.8, 4) is 11.5 Å². The highest BCUT2D eigenvalue weighted by Gasteiger charge is 2.22. The minimum atomic E-state index is -0.159. The normalized spacial score (nSPS) is 13.1. The zero-order valence-corrected chi connectivity index (χ0v) is 10.8. The van der Waals surface area contributed by atoms with Gasteiger partial charge in [0.05, 0.1) is 10.6 Å². The van der Waals surface area contributed by atoms with Crippen LogP contribution in [0.2, 0.25) is 5.02 Å². The Bertz CT molecular complexity index is 637. The summed E-state index contributed by atoms with van der Waals surface area (Å²) in [6.07, 6.45) is 0. The van der Waals surface area contributed by atoms with Crippen molar-refractivity contribution in [2.24, 2.45) is 0 Å². The summed E-state index contributed by atoms with van der Waals surface area (Å²) in [7, 11) is 0. The maximum atomic E-state index is 12.5. The van der Waals surface area contributed by atoms with Crippen molar-refractivity contribution in [2.75, 3.05) is 13.2 Å². The van der Waals surface area contributed by atoms with E-state index in [-0.39, 0.29) is 5.78 Å². The first-order valence-corrected chi connectivity index (χ1v) is 6.33. The molecule has 0 atom stereocenters. The quantitative estimate of drug-likeness (QED) is 0.788. The summed E-state index contributed by atoms with van der Waals surface area (Å²) in [5, 5.41) is 0.432. The van der Waals surface area contributed by atoms with Crippen LogP contribution >= 0.6 is 11.6 Å². The van der Waals surface area contributed by atoms with Crippen molar-refractivity contribution in [3.05, 3.63) is 58.6 Å². The maximum Gasteiger partial charge on any atom is 0.198 e. The molecule has 2 aromatic carbocycles. The molecule has 4 heteroatoms. The Morgan fingerprint density at radius 3 is 2.53 bits per heavy atom. The van der Waals surface area contributed by atoms with E-state index in [2.05, 4.69) is 0 Å². The van der Waals surface area contributed by atoms with Gasteiger partial charge in [0.15, 0.2) is 17.3 Å². The van der Waals surface area contributed by atoms with Crippen molar-refractivity contribution in [3.63, 3.8) is 0 Å². The van der Waals surface area contributed by atoms with Gasteiger partial charge in [0.1, 0.15) is 13.2 Å². The monoisotopic (exact) mass is 274 g/mol. The topological polar surface area (TPSA) is 35.5 Å². The van der Waals surface area contributed by atoms with Crippen molar-refractivity contribution >= 4 is 17.4 Å². The van der Waals surface area contributed by atoms with Gasteiger partial charge in [-0.2, -0.15) is 0 Å². The van der Waals surface area contributed by atoms with Crippen molar-refractivity contribution in [2.45, 2.75) is 0 Å². The van der Waals surface area contributed by atoms with E-state index in [0.29, 0.717) is 40.9 Å². The van der Waals surface area contributed by atoms with Gasteiger partial charge in [-0.25, -0.2) is 0 Å². The zero-order valence-electron chi connectivity index (χ0n) is 10.1. The third-order valence-corrected chi connectivity index (χ3v) is 3.26. The molecular weight excluding hydrogens is 264 g/mol. The van der Waals surface area contributed by atoms with E-state index in [1.807, 2.05) is 0 Å². The Balaban J connectivity index is 2.08. The van der Waals surface area contributed by atoms with Crippen molar-refractivity contribution in [1.82, 2.24) is 0 Å². The van der Waals surface area contributed by atoms with Crippen LogP contribution in [0.15, 0.2) is 42.5 Å². The first-order valence-electron chi connectivity index (χ1n) is 5.95. The lowest BCUT2D eigenvalue weighted by Gasteiger charge is -2.20. The van der Waals surface area contributed by atoms with Gasteiger partial charge >= 0.3 is 0 Å². The molecule has 0 bridgehead atoms. The SMILES string of the molecule is O=C(c1ccccc1Cl)c1cccc2c1OCCO2. The van der Waals surface area contributed by atoms with Crippen LogP contribution in [0.1, 0.15) is 15.9 Å². The second-order valence-electron chi connectivity index (χ2n) is 4.14. The second kappa shape index (κ2) is 4.94. The van der Waals surface area contributed by atoms with E-state index in [1.54, 1.807) is 42.5 Å². The molecule has 3 nitrogen and oxygen atoms in total. The predicted molar refractivity (Wildman–Crippen MR) is 72.3 cm³/mol. The predicted octanol–water partition coefficient (Wildman–Crippen LogP) is 3.34. The fourth-order valence-electron chi connectivity index (χ4n) is 2.04. The average Bonchev–Trinajstić information content (AvgIpc) is 2.46. The summed E-state index contributed by atoms with van der Waals surface area (Å²) in [5.41, 5.74) is 0.942. The van der Waals surface area contributed by atoms with Gasteiger partial charge in [0.25, 0.3) is 0 Å². The Morgan fingerprint density at radius 1 is 0.947 bits per heavy atom. The van der Waals surface area contributed by atoms with Gasteiger partial charge in [0.2, 0.25) is 0 Å². The lowest BCUT2D eigenvalue weighted by Crippen LogP contribution is -2.18. The lowest BCUT2D eigenvalue weighted by atomic mass is 10.0. The molecule has 1 aliphatic rings. The number of benzene rings is 2. The molecule has 0 spiro atoms. The van der Waals surface area contributed by atoms with E-state index in [9.17, 15) is 4.79 Å². The van der Waals surface area contributed by atoms with Gasteiger partial charge in [-0.3, -0.25) is 4.79 Å². The van der Waals surface area contributed by atoms with E-state index in [4.69, 9.17) is 21.1 Å². The average molecular weight is 275 g/mol. The molecule has 1 aliphatic heterocycles. The summed E-state index contributed by atoms with van der Waals surface area (Å²) in [6, 6.07) is 12.3. The molecule has 3 rings (SSSR count).